The summed E-state index contributed by atoms with van der Waals surface area (Å²) < 4.78 is 3.29. The highest BCUT2D eigenvalue weighted by atomic mass is 127. The highest BCUT2D eigenvalue weighted by Crippen LogP contribution is 2.26. The number of rotatable bonds is 7. The molecular formula is C14H17IN2O2S. The molecule has 2 aromatic rings. The third-order valence-electron chi connectivity index (χ3n) is 2.99. The molecule has 1 N–H and O–H groups in total. The van der Waals surface area contributed by atoms with Crippen molar-refractivity contribution in [1.82, 2.24) is 9.55 Å². The van der Waals surface area contributed by atoms with Crippen LogP contribution in [-0.2, 0) is 11.3 Å². The molecule has 0 fully saturated rings. The molecule has 0 bridgehead atoms. The summed E-state index contributed by atoms with van der Waals surface area (Å²) in [7, 11) is 0. The Labute approximate surface area is 136 Å². The summed E-state index contributed by atoms with van der Waals surface area (Å²) in [6.45, 7) is 3.07. The molecule has 0 saturated heterocycles. The first kappa shape index (κ1) is 15.6. The molecule has 6 heteroatoms. The molecule has 20 heavy (non-hydrogen) atoms. The molecule has 0 radical (unpaired) electrons. The van der Waals surface area contributed by atoms with Crippen molar-refractivity contribution in [3.8, 4) is 0 Å². The lowest BCUT2D eigenvalue weighted by Crippen LogP contribution is -2.03. The van der Waals surface area contributed by atoms with Gasteiger partial charge in [0, 0.05) is 10.1 Å². The third kappa shape index (κ3) is 3.88. The van der Waals surface area contributed by atoms with Crippen LogP contribution >= 0.6 is 34.4 Å². The number of hydrogen-bond donors (Lipinski definition) is 1. The van der Waals surface area contributed by atoms with Crippen LogP contribution in [0.3, 0.4) is 0 Å². The number of imidazole rings is 1. The molecular weight excluding hydrogens is 387 g/mol. The van der Waals surface area contributed by atoms with Gasteiger partial charge in [-0.25, -0.2) is 4.98 Å². The molecule has 0 aliphatic carbocycles. The van der Waals surface area contributed by atoms with E-state index < -0.39 is 5.97 Å². The minimum Gasteiger partial charge on any atom is -0.481 e. The second-order valence-corrected chi connectivity index (χ2v) is 6.76. The number of fused-ring (bicyclic) bond motifs is 1. The standard InChI is InChI=1S/C14H17IN2O2S/c1-2-3-4-7-17-12-6-5-10(15)8-11(12)16-14(17)20-9-13(18)19/h5-6,8H,2-4,7,9H2,1H3,(H,18,19). The molecule has 4 nitrogen and oxygen atoms in total. The van der Waals surface area contributed by atoms with Crippen molar-refractivity contribution >= 4 is 51.4 Å². The van der Waals surface area contributed by atoms with Gasteiger partial charge >= 0.3 is 5.97 Å². The monoisotopic (exact) mass is 404 g/mol. The van der Waals surface area contributed by atoms with Crippen LogP contribution in [0.25, 0.3) is 11.0 Å². The predicted octanol–water partition coefficient (Wildman–Crippen LogP) is 4.01. The number of carboxylic acids is 1. The van der Waals surface area contributed by atoms with E-state index in [1.165, 1.54) is 24.6 Å². The van der Waals surface area contributed by atoms with Crippen LogP contribution < -0.4 is 0 Å². The molecule has 0 spiro atoms. The van der Waals surface area contributed by atoms with Crippen molar-refractivity contribution in [3.05, 3.63) is 21.8 Å². The highest BCUT2D eigenvalue weighted by molar-refractivity contribution is 14.1. The Morgan fingerprint density at radius 3 is 2.95 bits per heavy atom. The molecule has 108 valence electrons. The lowest BCUT2D eigenvalue weighted by atomic mass is 10.2. The Morgan fingerprint density at radius 2 is 2.25 bits per heavy atom. The van der Waals surface area contributed by atoms with Crippen molar-refractivity contribution < 1.29 is 9.90 Å². The zero-order valence-electron chi connectivity index (χ0n) is 11.3. The molecule has 0 amide bonds. The van der Waals surface area contributed by atoms with E-state index in [4.69, 9.17) is 5.11 Å². The Hall–Kier alpha value is -0.760. The van der Waals surface area contributed by atoms with E-state index in [1.807, 2.05) is 6.07 Å². The normalized spacial score (nSPS) is 11.1. The zero-order valence-corrected chi connectivity index (χ0v) is 14.3. The summed E-state index contributed by atoms with van der Waals surface area (Å²) >= 11 is 3.56. The summed E-state index contributed by atoms with van der Waals surface area (Å²) in [6.07, 6.45) is 3.43. The van der Waals surface area contributed by atoms with Crippen LogP contribution in [0, 0.1) is 3.57 Å². The molecule has 1 aromatic carbocycles. The van der Waals surface area contributed by atoms with Crippen molar-refractivity contribution in [3.63, 3.8) is 0 Å². The quantitative estimate of drug-likeness (QED) is 0.431. The van der Waals surface area contributed by atoms with Crippen LogP contribution in [-0.4, -0.2) is 26.4 Å². The average Bonchev–Trinajstić information content (AvgIpc) is 2.74. The fourth-order valence-corrected chi connectivity index (χ4v) is 3.29. The zero-order chi connectivity index (χ0) is 14.5. The van der Waals surface area contributed by atoms with E-state index in [2.05, 4.69) is 51.2 Å². The van der Waals surface area contributed by atoms with Crippen LogP contribution in [0.1, 0.15) is 26.2 Å². The number of aromatic nitrogens is 2. The minimum atomic E-state index is -0.809. The Morgan fingerprint density at radius 1 is 1.45 bits per heavy atom. The molecule has 0 unspecified atom stereocenters. The van der Waals surface area contributed by atoms with E-state index in [-0.39, 0.29) is 5.75 Å². The van der Waals surface area contributed by atoms with Crippen molar-refractivity contribution in [2.45, 2.75) is 37.9 Å². The molecule has 0 atom stereocenters. The minimum absolute atomic E-state index is 0.0498. The maximum absolute atomic E-state index is 10.8. The van der Waals surface area contributed by atoms with Gasteiger partial charge in [-0.3, -0.25) is 4.79 Å². The van der Waals surface area contributed by atoms with Gasteiger partial charge in [-0.05, 0) is 47.2 Å². The van der Waals surface area contributed by atoms with Gasteiger partial charge < -0.3 is 9.67 Å². The highest BCUT2D eigenvalue weighted by Gasteiger charge is 2.12. The Kier molecular flexibility index (Phi) is 5.71. The first-order valence-corrected chi connectivity index (χ1v) is 8.68. The van der Waals surface area contributed by atoms with Gasteiger partial charge in [0.1, 0.15) is 0 Å². The molecule has 2 rings (SSSR count). The molecule has 0 saturated carbocycles. The van der Waals surface area contributed by atoms with Crippen molar-refractivity contribution in [2.24, 2.45) is 0 Å². The SMILES string of the molecule is CCCCCn1c(SCC(=O)O)nc2cc(I)ccc21. The van der Waals surface area contributed by atoms with Gasteiger partial charge in [-0.2, -0.15) is 0 Å². The second-order valence-electron chi connectivity index (χ2n) is 4.57. The van der Waals surface area contributed by atoms with E-state index in [0.717, 1.165) is 32.7 Å². The molecule has 1 aromatic heterocycles. The van der Waals surface area contributed by atoms with Crippen molar-refractivity contribution in [2.75, 3.05) is 5.75 Å². The average molecular weight is 404 g/mol. The number of thioether (sulfide) groups is 1. The molecule has 0 aliphatic heterocycles. The number of aryl methyl sites for hydroxylation is 1. The van der Waals surface area contributed by atoms with Crippen LogP contribution in [0.2, 0.25) is 0 Å². The summed E-state index contributed by atoms with van der Waals surface area (Å²) in [6, 6.07) is 6.17. The van der Waals surface area contributed by atoms with E-state index in [9.17, 15) is 4.79 Å². The number of hydrogen-bond acceptors (Lipinski definition) is 3. The van der Waals surface area contributed by atoms with Crippen LogP contribution in [0.4, 0.5) is 0 Å². The van der Waals surface area contributed by atoms with E-state index >= 15 is 0 Å². The van der Waals surface area contributed by atoms with E-state index in [1.54, 1.807) is 0 Å². The lowest BCUT2D eigenvalue weighted by molar-refractivity contribution is -0.133. The second kappa shape index (κ2) is 7.31. The maximum atomic E-state index is 10.8. The summed E-state index contributed by atoms with van der Waals surface area (Å²) in [5, 5.41) is 9.65. The van der Waals surface area contributed by atoms with Gasteiger partial charge in [0.2, 0.25) is 0 Å². The molecule has 0 aliphatic rings. The summed E-state index contributed by atoms with van der Waals surface area (Å²) in [5.74, 6) is -0.759. The number of carbonyl (C=O) groups is 1. The topological polar surface area (TPSA) is 55.1 Å². The number of halogens is 1. The number of benzene rings is 1. The third-order valence-corrected chi connectivity index (χ3v) is 4.62. The van der Waals surface area contributed by atoms with Gasteiger partial charge in [0.05, 0.1) is 16.8 Å². The lowest BCUT2D eigenvalue weighted by Gasteiger charge is -2.07. The Bertz CT molecular complexity index is 612. The number of unbranched alkanes of at least 4 members (excludes halogenated alkanes) is 2. The largest absolute Gasteiger partial charge is 0.481 e. The van der Waals surface area contributed by atoms with Crippen molar-refractivity contribution in [1.29, 1.82) is 0 Å². The first-order valence-electron chi connectivity index (χ1n) is 6.62. The van der Waals surface area contributed by atoms with Crippen LogP contribution in [0.5, 0.6) is 0 Å². The number of nitrogens with zero attached hydrogens (tertiary/aromatic N) is 2. The number of aliphatic carboxylic acids is 1. The number of carboxylic acid groups (broad SMARTS) is 1. The first-order chi connectivity index (χ1) is 9.61. The smallest absolute Gasteiger partial charge is 0.313 e. The fraction of sp³-hybridized carbons (Fsp3) is 0.429. The summed E-state index contributed by atoms with van der Waals surface area (Å²) in [4.78, 5) is 15.3. The predicted molar refractivity (Wildman–Crippen MR) is 90.3 cm³/mol. The van der Waals surface area contributed by atoms with Gasteiger partial charge in [0.15, 0.2) is 5.16 Å². The molecule has 1 heterocycles. The van der Waals surface area contributed by atoms with E-state index in [0.29, 0.717) is 0 Å². The van der Waals surface area contributed by atoms with Gasteiger partial charge in [-0.1, -0.05) is 31.5 Å². The van der Waals surface area contributed by atoms with Crippen LogP contribution in [0.15, 0.2) is 23.4 Å². The van der Waals surface area contributed by atoms with Gasteiger partial charge in [0.25, 0.3) is 0 Å². The Balaban J connectivity index is 2.31. The maximum Gasteiger partial charge on any atom is 0.313 e. The van der Waals surface area contributed by atoms with Gasteiger partial charge in [-0.15, -0.1) is 0 Å². The summed E-state index contributed by atoms with van der Waals surface area (Å²) in [5.41, 5.74) is 2.04. The fourth-order valence-electron chi connectivity index (χ4n) is 2.05.